The first-order chi connectivity index (χ1) is 10.6. The van der Waals surface area contributed by atoms with Crippen LogP contribution in [0.1, 0.15) is 31.9 Å². The van der Waals surface area contributed by atoms with Crippen LogP contribution in [0.2, 0.25) is 0 Å². The lowest BCUT2D eigenvalue weighted by molar-refractivity contribution is -0.139. The van der Waals surface area contributed by atoms with Gasteiger partial charge in [0.1, 0.15) is 5.82 Å². The molecule has 0 aromatic heterocycles. The standard InChI is InChI=1S/C15H20F4N2O2/c1-9(2)13(22)8-20-14(23)21-12(7-15(17,18)19)10-3-5-11(16)6-4-10/h3-6,9,12-13,22H,7-8H2,1-2H3,(H2,20,21,23). The number of hydrogen-bond donors (Lipinski definition) is 3. The van der Waals surface area contributed by atoms with E-state index in [1.54, 1.807) is 13.8 Å². The van der Waals surface area contributed by atoms with E-state index < -0.39 is 36.6 Å². The number of aliphatic hydroxyl groups excluding tert-OH is 1. The molecule has 0 saturated heterocycles. The summed E-state index contributed by atoms with van der Waals surface area (Å²) in [6.07, 6.45) is -6.57. The molecule has 0 aliphatic rings. The van der Waals surface area contributed by atoms with E-state index in [1.807, 2.05) is 0 Å². The highest BCUT2D eigenvalue weighted by atomic mass is 19.4. The van der Waals surface area contributed by atoms with Gasteiger partial charge in [0.25, 0.3) is 0 Å². The Kier molecular flexibility index (Phi) is 6.80. The van der Waals surface area contributed by atoms with Gasteiger partial charge in [0.15, 0.2) is 0 Å². The average Bonchev–Trinajstić information content (AvgIpc) is 2.43. The van der Waals surface area contributed by atoms with Crippen LogP contribution in [0.4, 0.5) is 22.4 Å². The summed E-state index contributed by atoms with van der Waals surface area (Å²) in [6.45, 7) is 3.41. The van der Waals surface area contributed by atoms with E-state index in [4.69, 9.17) is 0 Å². The first kappa shape index (κ1) is 19.2. The molecule has 0 fully saturated rings. The normalized spacial score (nSPS) is 14.4. The summed E-state index contributed by atoms with van der Waals surface area (Å²) >= 11 is 0. The zero-order chi connectivity index (χ0) is 17.6. The Bertz CT molecular complexity index is 503. The molecule has 0 heterocycles. The fourth-order valence-corrected chi connectivity index (χ4v) is 1.82. The quantitative estimate of drug-likeness (QED) is 0.699. The van der Waals surface area contributed by atoms with Crippen molar-refractivity contribution in [3.63, 3.8) is 0 Å². The Morgan fingerprint density at radius 1 is 1.22 bits per heavy atom. The van der Waals surface area contributed by atoms with Crippen molar-refractivity contribution < 1.29 is 27.5 Å². The number of carbonyl (C=O) groups is 1. The molecule has 0 spiro atoms. The largest absolute Gasteiger partial charge is 0.391 e. The third-order valence-corrected chi connectivity index (χ3v) is 3.25. The first-order valence-corrected chi connectivity index (χ1v) is 7.13. The van der Waals surface area contributed by atoms with Gasteiger partial charge in [0.2, 0.25) is 0 Å². The van der Waals surface area contributed by atoms with Crippen molar-refractivity contribution in [2.75, 3.05) is 6.54 Å². The van der Waals surface area contributed by atoms with Gasteiger partial charge < -0.3 is 15.7 Å². The van der Waals surface area contributed by atoms with Crippen molar-refractivity contribution in [2.45, 2.75) is 38.6 Å². The summed E-state index contributed by atoms with van der Waals surface area (Å²) in [5.41, 5.74) is 0.142. The lowest BCUT2D eigenvalue weighted by Gasteiger charge is -2.22. The highest BCUT2D eigenvalue weighted by molar-refractivity contribution is 5.74. The molecule has 2 atom stereocenters. The van der Waals surface area contributed by atoms with Gasteiger partial charge in [0.05, 0.1) is 18.6 Å². The van der Waals surface area contributed by atoms with Gasteiger partial charge >= 0.3 is 12.2 Å². The Balaban J connectivity index is 2.73. The van der Waals surface area contributed by atoms with Crippen LogP contribution in [0.3, 0.4) is 0 Å². The molecule has 130 valence electrons. The highest BCUT2D eigenvalue weighted by Crippen LogP contribution is 2.29. The van der Waals surface area contributed by atoms with Gasteiger partial charge in [-0.3, -0.25) is 0 Å². The smallest absolute Gasteiger partial charge is 0.391 e. The van der Waals surface area contributed by atoms with Gasteiger partial charge in [-0.05, 0) is 23.6 Å². The molecule has 1 aromatic carbocycles. The van der Waals surface area contributed by atoms with Crippen molar-refractivity contribution >= 4 is 6.03 Å². The number of urea groups is 1. The van der Waals surface area contributed by atoms with Crippen LogP contribution >= 0.6 is 0 Å². The first-order valence-electron chi connectivity index (χ1n) is 7.13. The van der Waals surface area contributed by atoms with Crippen molar-refractivity contribution in [3.8, 4) is 0 Å². The number of carbonyl (C=O) groups excluding carboxylic acids is 1. The number of rotatable bonds is 6. The minimum atomic E-state index is -4.50. The minimum absolute atomic E-state index is 0.0777. The van der Waals surface area contributed by atoms with E-state index in [0.29, 0.717) is 0 Å². The van der Waals surface area contributed by atoms with E-state index in [9.17, 15) is 27.5 Å². The topological polar surface area (TPSA) is 61.4 Å². The SMILES string of the molecule is CC(C)C(O)CNC(=O)NC(CC(F)(F)F)c1ccc(F)cc1. The summed E-state index contributed by atoms with van der Waals surface area (Å²) < 4.78 is 50.9. The molecule has 23 heavy (non-hydrogen) atoms. The number of amides is 2. The summed E-state index contributed by atoms with van der Waals surface area (Å²) in [4.78, 5) is 11.7. The van der Waals surface area contributed by atoms with E-state index in [0.717, 1.165) is 12.1 Å². The summed E-state index contributed by atoms with van der Waals surface area (Å²) in [5.74, 6) is -0.678. The second-order valence-corrected chi connectivity index (χ2v) is 5.59. The molecule has 0 radical (unpaired) electrons. The molecule has 2 amide bonds. The van der Waals surface area contributed by atoms with Gasteiger partial charge in [0, 0.05) is 6.54 Å². The lowest BCUT2D eigenvalue weighted by Crippen LogP contribution is -2.43. The van der Waals surface area contributed by atoms with Crippen molar-refractivity contribution in [2.24, 2.45) is 5.92 Å². The van der Waals surface area contributed by atoms with Crippen LogP contribution in [-0.4, -0.2) is 30.0 Å². The molecule has 0 saturated carbocycles. The third-order valence-electron chi connectivity index (χ3n) is 3.25. The lowest BCUT2D eigenvalue weighted by atomic mass is 10.0. The zero-order valence-electron chi connectivity index (χ0n) is 12.8. The van der Waals surface area contributed by atoms with Crippen LogP contribution in [0, 0.1) is 11.7 Å². The fourth-order valence-electron chi connectivity index (χ4n) is 1.82. The maximum atomic E-state index is 12.9. The van der Waals surface area contributed by atoms with Crippen molar-refractivity contribution in [1.82, 2.24) is 10.6 Å². The molecule has 8 heteroatoms. The van der Waals surface area contributed by atoms with E-state index in [2.05, 4.69) is 10.6 Å². The van der Waals surface area contributed by atoms with Crippen LogP contribution in [0.25, 0.3) is 0 Å². The van der Waals surface area contributed by atoms with Crippen molar-refractivity contribution in [3.05, 3.63) is 35.6 Å². The number of nitrogens with one attached hydrogen (secondary N) is 2. The summed E-state index contributed by atoms with van der Waals surface area (Å²) in [7, 11) is 0. The Morgan fingerprint density at radius 3 is 2.26 bits per heavy atom. The number of aliphatic hydroxyl groups is 1. The molecule has 4 nitrogen and oxygen atoms in total. The predicted octanol–water partition coefficient (Wildman–Crippen LogP) is 3.14. The number of alkyl halides is 3. The van der Waals surface area contributed by atoms with E-state index in [1.165, 1.54) is 12.1 Å². The molecule has 0 bridgehead atoms. The predicted molar refractivity (Wildman–Crippen MR) is 77.2 cm³/mol. The molecule has 1 rings (SSSR count). The average molecular weight is 336 g/mol. The molecule has 0 aliphatic carbocycles. The molecule has 3 N–H and O–H groups in total. The van der Waals surface area contributed by atoms with Gasteiger partial charge in [-0.25, -0.2) is 9.18 Å². The fraction of sp³-hybridized carbons (Fsp3) is 0.533. The van der Waals surface area contributed by atoms with Gasteiger partial charge in [-0.1, -0.05) is 26.0 Å². The van der Waals surface area contributed by atoms with Crippen molar-refractivity contribution in [1.29, 1.82) is 0 Å². The Hall–Kier alpha value is -1.83. The molecule has 0 aliphatic heterocycles. The maximum absolute atomic E-state index is 12.9. The molecule has 1 aromatic rings. The molecular formula is C15H20F4N2O2. The Morgan fingerprint density at radius 2 is 1.78 bits per heavy atom. The van der Waals surface area contributed by atoms with Gasteiger partial charge in [-0.15, -0.1) is 0 Å². The van der Waals surface area contributed by atoms with Crippen LogP contribution < -0.4 is 10.6 Å². The number of halogens is 4. The Labute approximate surface area is 131 Å². The molecule has 2 unspecified atom stereocenters. The van der Waals surface area contributed by atoms with Gasteiger partial charge in [-0.2, -0.15) is 13.2 Å². The molecular weight excluding hydrogens is 316 g/mol. The third kappa shape index (κ3) is 7.32. The minimum Gasteiger partial charge on any atom is -0.391 e. The summed E-state index contributed by atoms with van der Waals surface area (Å²) in [5, 5.41) is 14.1. The van der Waals surface area contributed by atoms with E-state index in [-0.39, 0.29) is 18.0 Å². The monoisotopic (exact) mass is 336 g/mol. The van der Waals surface area contributed by atoms with Crippen LogP contribution in [-0.2, 0) is 0 Å². The second kappa shape index (κ2) is 8.14. The highest BCUT2D eigenvalue weighted by Gasteiger charge is 2.33. The van der Waals surface area contributed by atoms with E-state index >= 15 is 0 Å². The number of benzene rings is 1. The summed E-state index contributed by atoms with van der Waals surface area (Å²) in [6, 6.07) is 2.26. The second-order valence-electron chi connectivity index (χ2n) is 5.59. The number of hydrogen-bond acceptors (Lipinski definition) is 2. The maximum Gasteiger partial charge on any atom is 0.391 e. The zero-order valence-corrected chi connectivity index (χ0v) is 12.8. The van der Waals surface area contributed by atoms with Crippen LogP contribution in [0.5, 0.6) is 0 Å². The van der Waals surface area contributed by atoms with Crippen LogP contribution in [0.15, 0.2) is 24.3 Å².